The lowest BCUT2D eigenvalue weighted by atomic mass is 10.1. The summed E-state index contributed by atoms with van der Waals surface area (Å²) in [5.74, 6) is 0.396. The minimum absolute atomic E-state index is 0.0183. The number of rotatable bonds is 3. The number of ether oxygens (including phenoxy) is 2. The zero-order valence-electron chi connectivity index (χ0n) is 15.1. The van der Waals surface area contributed by atoms with Gasteiger partial charge >= 0.3 is 6.36 Å². The number of anilines is 1. The lowest BCUT2D eigenvalue weighted by Crippen LogP contribution is -2.44. The Morgan fingerprint density at radius 3 is 2.57 bits per heavy atom. The van der Waals surface area contributed by atoms with E-state index in [1.54, 1.807) is 24.1 Å². The number of amides is 1. The molecule has 1 amide bonds. The molecule has 0 N–H and O–H groups in total. The van der Waals surface area contributed by atoms with Gasteiger partial charge in [0.15, 0.2) is 0 Å². The maximum Gasteiger partial charge on any atom is 0.573 e. The first-order chi connectivity index (χ1) is 13.3. The molecular weight excluding hydrogens is 373 g/mol. The molecule has 5 nitrogen and oxygen atoms in total. The zero-order valence-corrected chi connectivity index (χ0v) is 15.1. The number of likely N-dealkylation sites (tertiary alicyclic amines) is 1. The number of benzene rings is 2. The topological polar surface area (TPSA) is 42.0 Å². The quantitative estimate of drug-likeness (QED) is 0.801. The van der Waals surface area contributed by atoms with E-state index in [0.717, 1.165) is 11.3 Å². The monoisotopic (exact) mass is 392 g/mol. The minimum Gasteiger partial charge on any atom is -0.487 e. The van der Waals surface area contributed by atoms with Crippen LogP contribution in [-0.4, -0.2) is 42.9 Å². The highest BCUT2D eigenvalue weighted by molar-refractivity contribution is 5.98. The average Bonchev–Trinajstić information content (AvgIpc) is 3.04. The number of carbonyl (C=O) groups excluding carboxylic acids is 1. The standard InChI is InChI=1S/C20H19F3N2O3/c1-24-16-4-2-3-5-18(16)27-15-10-17(19(24)26)25(12-15)11-13-6-8-14(9-7-13)28-20(21,22)23/h2-9,15,17H,10-12H2,1H3. The Kier molecular flexibility index (Phi) is 4.66. The van der Waals surface area contributed by atoms with E-state index < -0.39 is 6.36 Å². The van der Waals surface area contributed by atoms with Gasteiger partial charge in [-0.25, -0.2) is 0 Å². The van der Waals surface area contributed by atoms with Gasteiger partial charge in [-0.1, -0.05) is 24.3 Å². The molecule has 148 valence electrons. The molecular formula is C20H19F3N2O3. The highest BCUT2D eigenvalue weighted by Gasteiger charge is 2.41. The number of fused-ring (bicyclic) bond motifs is 3. The predicted octanol–water partition coefficient (Wildman–Crippen LogP) is 3.58. The summed E-state index contributed by atoms with van der Waals surface area (Å²) in [6.07, 6.45) is -4.25. The molecule has 2 atom stereocenters. The third kappa shape index (κ3) is 3.77. The Bertz CT molecular complexity index is 870. The van der Waals surface area contributed by atoms with Crippen molar-refractivity contribution in [1.29, 1.82) is 0 Å². The van der Waals surface area contributed by atoms with Crippen LogP contribution in [0.5, 0.6) is 11.5 Å². The molecule has 0 saturated carbocycles. The van der Waals surface area contributed by atoms with Crippen molar-refractivity contribution < 1.29 is 27.4 Å². The summed E-state index contributed by atoms with van der Waals surface area (Å²) in [6, 6.07) is 12.8. The number of carbonyl (C=O) groups is 1. The zero-order chi connectivity index (χ0) is 19.9. The van der Waals surface area contributed by atoms with E-state index in [0.29, 0.717) is 25.3 Å². The van der Waals surface area contributed by atoms with E-state index in [-0.39, 0.29) is 23.8 Å². The highest BCUT2D eigenvalue weighted by atomic mass is 19.4. The second-order valence-electron chi connectivity index (χ2n) is 6.98. The molecule has 0 aliphatic carbocycles. The van der Waals surface area contributed by atoms with Crippen molar-refractivity contribution in [2.75, 3.05) is 18.5 Å². The summed E-state index contributed by atoms with van der Waals surface area (Å²) in [4.78, 5) is 16.6. The van der Waals surface area contributed by atoms with Crippen molar-refractivity contribution in [3.05, 3.63) is 54.1 Å². The molecule has 0 spiro atoms. The number of likely N-dealkylation sites (N-methyl/N-ethyl adjacent to an activating group) is 1. The van der Waals surface area contributed by atoms with Gasteiger partial charge in [-0.2, -0.15) is 0 Å². The van der Waals surface area contributed by atoms with Crippen LogP contribution in [0.15, 0.2) is 48.5 Å². The largest absolute Gasteiger partial charge is 0.573 e. The number of halogens is 3. The highest BCUT2D eigenvalue weighted by Crippen LogP contribution is 2.36. The van der Waals surface area contributed by atoms with E-state index in [9.17, 15) is 18.0 Å². The molecule has 2 aromatic rings. The summed E-state index contributed by atoms with van der Waals surface area (Å²) in [5, 5.41) is 0. The van der Waals surface area contributed by atoms with Crippen molar-refractivity contribution in [2.24, 2.45) is 0 Å². The second-order valence-corrected chi connectivity index (χ2v) is 6.98. The molecule has 2 heterocycles. The second kappa shape index (κ2) is 7.01. The SMILES string of the molecule is CN1C(=O)C2CC(CN2Cc2ccc(OC(F)(F)F)cc2)Oc2ccccc21. The van der Waals surface area contributed by atoms with Crippen LogP contribution in [0.2, 0.25) is 0 Å². The summed E-state index contributed by atoms with van der Waals surface area (Å²) >= 11 is 0. The molecule has 2 aliphatic rings. The van der Waals surface area contributed by atoms with Gasteiger partial charge in [-0.05, 0) is 29.8 Å². The molecule has 4 rings (SSSR count). The van der Waals surface area contributed by atoms with Crippen molar-refractivity contribution in [2.45, 2.75) is 31.5 Å². The van der Waals surface area contributed by atoms with Crippen LogP contribution in [0, 0.1) is 0 Å². The third-order valence-electron chi connectivity index (χ3n) is 5.04. The molecule has 0 aromatic heterocycles. The van der Waals surface area contributed by atoms with Crippen LogP contribution >= 0.6 is 0 Å². The molecule has 2 aliphatic heterocycles. The summed E-state index contributed by atoms with van der Waals surface area (Å²) < 4.78 is 46.9. The Balaban J connectivity index is 1.51. The van der Waals surface area contributed by atoms with Gasteiger partial charge in [0, 0.05) is 26.6 Å². The normalized spacial score (nSPS) is 22.3. The summed E-state index contributed by atoms with van der Waals surface area (Å²) in [5.41, 5.74) is 1.53. The Labute approximate surface area is 160 Å². The molecule has 8 heteroatoms. The van der Waals surface area contributed by atoms with Crippen molar-refractivity contribution in [3.63, 3.8) is 0 Å². The van der Waals surface area contributed by atoms with Gasteiger partial charge in [0.25, 0.3) is 0 Å². The lowest BCUT2D eigenvalue weighted by molar-refractivity contribution is -0.274. The van der Waals surface area contributed by atoms with E-state index in [1.165, 1.54) is 12.1 Å². The van der Waals surface area contributed by atoms with Gasteiger partial charge in [-0.3, -0.25) is 9.69 Å². The Morgan fingerprint density at radius 1 is 1.14 bits per heavy atom. The fraction of sp³-hybridized carbons (Fsp3) is 0.350. The Hall–Kier alpha value is -2.74. The van der Waals surface area contributed by atoms with Gasteiger partial charge in [0.2, 0.25) is 5.91 Å². The fourth-order valence-corrected chi connectivity index (χ4v) is 3.77. The van der Waals surface area contributed by atoms with Crippen molar-refractivity contribution in [3.8, 4) is 11.5 Å². The maximum absolute atomic E-state index is 13.0. The maximum atomic E-state index is 13.0. The van der Waals surface area contributed by atoms with Gasteiger partial charge in [-0.15, -0.1) is 13.2 Å². The van der Waals surface area contributed by atoms with Crippen molar-refractivity contribution >= 4 is 11.6 Å². The molecule has 0 radical (unpaired) electrons. The van der Waals surface area contributed by atoms with Crippen molar-refractivity contribution in [1.82, 2.24) is 4.90 Å². The van der Waals surface area contributed by atoms with Crippen LogP contribution in [0.3, 0.4) is 0 Å². The Morgan fingerprint density at radius 2 is 1.86 bits per heavy atom. The van der Waals surface area contributed by atoms with Crippen LogP contribution in [0.4, 0.5) is 18.9 Å². The average molecular weight is 392 g/mol. The van der Waals surface area contributed by atoms with Crippen LogP contribution in [0.1, 0.15) is 12.0 Å². The first kappa shape index (κ1) is 18.6. The number of hydrogen-bond donors (Lipinski definition) is 0. The van der Waals surface area contributed by atoms with Crippen LogP contribution in [0.25, 0.3) is 0 Å². The molecule has 1 saturated heterocycles. The minimum atomic E-state index is -4.71. The molecule has 2 bridgehead atoms. The number of para-hydroxylation sites is 2. The summed E-state index contributed by atoms with van der Waals surface area (Å²) in [7, 11) is 1.73. The van der Waals surface area contributed by atoms with E-state index >= 15 is 0 Å². The number of alkyl halides is 3. The smallest absolute Gasteiger partial charge is 0.487 e. The lowest BCUT2D eigenvalue weighted by Gasteiger charge is -2.29. The molecule has 28 heavy (non-hydrogen) atoms. The van der Waals surface area contributed by atoms with E-state index in [2.05, 4.69) is 4.74 Å². The van der Waals surface area contributed by atoms with Crippen LogP contribution < -0.4 is 14.4 Å². The number of hydrogen-bond acceptors (Lipinski definition) is 4. The van der Waals surface area contributed by atoms with Crippen LogP contribution in [-0.2, 0) is 11.3 Å². The third-order valence-corrected chi connectivity index (χ3v) is 5.04. The fourth-order valence-electron chi connectivity index (χ4n) is 3.77. The first-order valence-corrected chi connectivity index (χ1v) is 8.92. The van der Waals surface area contributed by atoms with Gasteiger partial charge in [0.05, 0.1) is 11.7 Å². The number of nitrogens with zero attached hydrogens (tertiary/aromatic N) is 2. The first-order valence-electron chi connectivity index (χ1n) is 8.92. The van der Waals surface area contributed by atoms with E-state index in [4.69, 9.17) is 4.74 Å². The molecule has 1 fully saturated rings. The molecule has 2 unspecified atom stereocenters. The van der Waals surface area contributed by atoms with Gasteiger partial charge in [0.1, 0.15) is 17.6 Å². The summed E-state index contributed by atoms with van der Waals surface area (Å²) in [6.45, 7) is 1.01. The van der Waals surface area contributed by atoms with Gasteiger partial charge < -0.3 is 14.4 Å². The molecule has 2 aromatic carbocycles. The predicted molar refractivity (Wildman–Crippen MR) is 96.2 cm³/mol. The van der Waals surface area contributed by atoms with E-state index in [1.807, 2.05) is 29.2 Å².